The lowest BCUT2D eigenvalue weighted by Crippen LogP contribution is -2.20. The third kappa shape index (κ3) is 4.09. The molecule has 3 rings (SSSR count). The normalized spacial score (nSPS) is 12.6. The Bertz CT molecular complexity index is 1220. The van der Waals surface area contributed by atoms with Crippen LogP contribution in [0.1, 0.15) is 21.5 Å². The number of hydrogen-bond acceptors (Lipinski definition) is 5. The van der Waals surface area contributed by atoms with Gasteiger partial charge < -0.3 is 9.30 Å². The number of benzene rings is 2. The van der Waals surface area contributed by atoms with Crippen molar-refractivity contribution >= 4 is 37.3 Å². The van der Waals surface area contributed by atoms with E-state index in [2.05, 4.69) is 17.1 Å². The second kappa shape index (κ2) is 7.98. The van der Waals surface area contributed by atoms with Gasteiger partial charge in [0.25, 0.3) is 5.91 Å². The number of aromatic nitrogens is 1. The fourth-order valence-corrected chi connectivity index (χ4v) is 4.93. The van der Waals surface area contributed by atoms with Gasteiger partial charge in [-0.25, -0.2) is 8.42 Å². The molecule has 0 radical (unpaired) electrons. The number of sulfone groups is 1. The van der Waals surface area contributed by atoms with Crippen LogP contribution in [-0.4, -0.2) is 38.9 Å². The van der Waals surface area contributed by atoms with Crippen LogP contribution in [0, 0.1) is 13.8 Å². The van der Waals surface area contributed by atoms with Crippen molar-refractivity contribution in [3.8, 4) is 0 Å². The lowest BCUT2D eigenvalue weighted by Gasteiger charge is -2.06. The van der Waals surface area contributed by atoms with E-state index in [0.717, 1.165) is 27.6 Å². The Labute approximate surface area is 168 Å². The van der Waals surface area contributed by atoms with E-state index in [4.69, 9.17) is 4.74 Å². The molecular formula is C20H22N2O4S2. The van der Waals surface area contributed by atoms with Crippen LogP contribution in [0.25, 0.3) is 10.2 Å². The first kappa shape index (κ1) is 20.4. The smallest absolute Gasteiger partial charge is 0.280 e. The van der Waals surface area contributed by atoms with E-state index >= 15 is 0 Å². The number of hydrogen-bond donors (Lipinski definition) is 0. The molecule has 0 aliphatic carbocycles. The molecule has 0 aliphatic heterocycles. The highest BCUT2D eigenvalue weighted by Gasteiger charge is 2.18. The van der Waals surface area contributed by atoms with Gasteiger partial charge in [-0.2, -0.15) is 4.99 Å². The second-order valence-corrected chi connectivity index (χ2v) is 9.61. The van der Waals surface area contributed by atoms with Crippen LogP contribution < -0.4 is 4.80 Å². The number of aryl methyl sites for hydroxylation is 2. The van der Waals surface area contributed by atoms with Crippen LogP contribution in [0.4, 0.5) is 0 Å². The maximum atomic E-state index is 12.8. The van der Waals surface area contributed by atoms with Gasteiger partial charge in [0.05, 0.1) is 27.3 Å². The van der Waals surface area contributed by atoms with Crippen molar-refractivity contribution in [3.05, 3.63) is 57.9 Å². The predicted molar refractivity (Wildman–Crippen MR) is 111 cm³/mol. The molecule has 2 aromatic carbocycles. The summed E-state index contributed by atoms with van der Waals surface area (Å²) >= 11 is 1.40. The molecule has 1 aromatic heterocycles. The zero-order valence-electron chi connectivity index (χ0n) is 16.2. The summed E-state index contributed by atoms with van der Waals surface area (Å²) in [5.41, 5.74) is 3.37. The lowest BCUT2D eigenvalue weighted by molar-refractivity contribution is 0.0994. The van der Waals surface area contributed by atoms with Crippen LogP contribution >= 0.6 is 11.3 Å². The zero-order valence-corrected chi connectivity index (χ0v) is 17.9. The number of amides is 1. The SMILES string of the molecule is COCCn1c(=NC(=O)c2ccccc2S(C)(=O)=O)sc2cc(C)c(C)cc21. The molecule has 8 heteroatoms. The summed E-state index contributed by atoms with van der Waals surface area (Å²) in [6.07, 6.45) is 1.09. The highest BCUT2D eigenvalue weighted by Crippen LogP contribution is 2.22. The van der Waals surface area contributed by atoms with E-state index in [1.165, 1.54) is 23.5 Å². The quantitative estimate of drug-likeness (QED) is 0.638. The van der Waals surface area contributed by atoms with Gasteiger partial charge in [0.2, 0.25) is 0 Å². The Morgan fingerprint density at radius 2 is 1.86 bits per heavy atom. The van der Waals surface area contributed by atoms with E-state index in [1.807, 2.05) is 18.4 Å². The van der Waals surface area contributed by atoms with Crippen molar-refractivity contribution < 1.29 is 17.9 Å². The molecule has 1 amide bonds. The predicted octanol–water partition coefficient (Wildman–Crippen LogP) is 3.11. The average Bonchev–Trinajstić information content (AvgIpc) is 2.95. The van der Waals surface area contributed by atoms with E-state index in [-0.39, 0.29) is 10.5 Å². The number of ether oxygens (including phenoxy) is 1. The highest BCUT2D eigenvalue weighted by atomic mass is 32.2. The standard InChI is InChI=1S/C20H22N2O4S2/c1-13-11-16-17(12-14(13)2)27-20(22(16)9-10-26-3)21-19(23)15-7-5-6-8-18(15)28(4,24)25/h5-8,11-12H,9-10H2,1-4H3. The Kier molecular flexibility index (Phi) is 5.83. The molecule has 0 bridgehead atoms. The van der Waals surface area contributed by atoms with Crippen molar-refractivity contribution in [1.29, 1.82) is 0 Å². The van der Waals surface area contributed by atoms with E-state index in [9.17, 15) is 13.2 Å². The van der Waals surface area contributed by atoms with Crippen LogP contribution in [0.15, 0.2) is 46.3 Å². The first-order valence-electron chi connectivity index (χ1n) is 8.70. The lowest BCUT2D eigenvalue weighted by atomic mass is 10.1. The van der Waals surface area contributed by atoms with Crippen LogP contribution in [-0.2, 0) is 21.1 Å². The Morgan fingerprint density at radius 3 is 2.54 bits per heavy atom. The number of carbonyl (C=O) groups is 1. The van der Waals surface area contributed by atoms with Gasteiger partial charge in [0, 0.05) is 19.9 Å². The van der Waals surface area contributed by atoms with Gasteiger partial charge in [0.1, 0.15) is 0 Å². The van der Waals surface area contributed by atoms with E-state index in [0.29, 0.717) is 18.0 Å². The molecule has 148 valence electrons. The average molecular weight is 419 g/mol. The Balaban J connectivity index is 2.20. The third-order valence-corrected chi connectivity index (χ3v) is 6.73. The number of rotatable bonds is 5. The molecule has 1 heterocycles. The molecule has 6 nitrogen and oxygen atoms in total. The second-order valence-electron chi connectivity index (χ2n) is 6.62. The van der Waals surface area contributed by atoms with Crippen LogP contribution in [0.5, 0.6) is 0 Å². The molecule has 0 saturated carbocycles. The first-order chi connectivity index (χ1) is 13.2. The van der Waals surface area contributed by atoms with Crippen molar-refractivity contribution in [2.24, 2.45) is 4.99 Å². The molecule has 3 aromatic rings. The molecule has 0 aliphatic rings. The van der Waals surface area contributed by atoms with E-state index < -0.39 is 15.7 Å². The molecule has 0 saturated heterocycles. The van der Waals surface area contributed by atoms with Crippen molar-refractivity contribution in [2.45, 2.75) is 25.3 Å². The van der Waals surface area contributed by atoms with Crippen molar-refractivity contribution in [1.82, 2.24) is 4.57 Å². The highest BCUT2D eigenvalue weighted by molar-refractivity contribution is 7.90. The molecule has 28 heavy (non-hydrogen) atoms. The van der Waals surface area contributed by atoms with E-state index in [1.54, 1.807) is 19.2 Å². The number of fused-ring (bicyclic) bond motifs is 1. The summed E-state index contributed by atoms with van der Waals surface area (Å²) in [5, 5.41) is 0. The number of methoxy groups -OCH3 is 1. The minimum atomic E-state index is -3.54. The molecule has 0 N–H and O–H groups in total. The minimum absolute atomic E-state index is 0.0139. The van der Waals surface area contributed by atoms with Gasteiger partial charge in [-0.3, -0.25) is 4.79 Å². The molecule has 0 unspecified atom stereocenters. The maximum absolute atomic E-state index is 12.8. The van der Waals surface area contributed by atoms with Gasteiger partial charge in [0.15, 0.2) is 14.6 Å². The van der Waals surface area contributed by atoms with Crippen LogP contribution in [0.2, 0.25) is 0 Å². The zero-order chi connectivity index (χ0) is 20.5. The molecule has 0 spiro atoms. The topological polar surface area (TPSA) is 77.7 Å². The molecular weight excluding hydrogens is 396 g/mol. The fourth-order valence-electron chi connectivity index (χ4n) is 2.92. The first-order valence-corrected chi connectivity index (χ1v) is 11.4. The third-order valence-electron chi connectivity index (χ3n) is 4.53. The molecule has 0 atom stereocenters. The van der Waals surface area contributed by atoms with Gasteiger partial charge in [-0.05, 0) is 49.2 Å². The Hall–Kier alpha value is -2.29. The summed E-state index contributed by atoms with van der Waals surface area (Å²) in [6.45, 7) is 5.09. The summed E-state index contributed by atoms with van der Waals surface area (Å²) in [6, 6.07) is 10.3. The minimum Gasteiger partial charge on any atom is -0.383 e. The van der Waals surface area contributed by atoms with Crippen molar-refractivity contribution in [2.75, 3.05) is 20.0 Å². The fraction of sp³-hybridized carbons (Fsp3) is 0.300. The van der Waals surface area contributed by atoms with Crippen molar-refractivity contribution in [3.63, 3.8) is 0 Å². The van der Waals surface area contributed by atoms with Gasteiger partial charge in [-0.1, -0.05) is 23.5 Å². The van der Waals surface area contributed by atoms with Gasteiger partial charge >= 0.3 is 0 Å². The summed E-state index contributed by atoms with van der Waals surface area (Å²) in [7, 11) is -1.92. The number of carbonyl (C=O) groups excluding carboxylic acids is 1. The maximum Gasteiger partial charge on any atom is 0.280 e. The van der Waals surface area contributed by atoms with Crippen LogP contribution in [0.3, 0.4) is 0 Å². The summed E-state index contributed by atoms with van der Waals surface area (Å²) in [5.74, 6) is -0.577. The number of thiazole rings is 1. The van der Waals surface area contributed by atoms with Gasteiger partial charge in [-0.15, -0.1) is 0 Å². The Morgan fingerprint density at radius 1 is 1.18 bits per heavy atom. The summed E-state index contributed by atoms with van der Waals surface area (Å²) in [4.78, 5) is 17.6. The summed E-state index contributed by atoms with van der Waals surface area (Å²) < 4.78 is 32.2. The molecule has 0 fully saturated rings. The monoisotopic (exact) mass is 418 g/mol. The largest absolute Gasteiger partial charge is 0.383 e. The number of nitrogens with zero attached hydrogens (tertiary/aromatic N) is 2.